The molecule has 1 unspecified atom stereocenters. The molecule has 1 aromatic rings. The first kappa shape index (κ1) is 15.9. The van der Waals surface area contributed by atoms with Crippen LogP contribution in [0.15, 0.2) is 29.2 Å². The molecule has 3 N–H and O–H groups in total. The molecule has 0 radical (unpaired) electrons. The Morgan fingerprint density at radius 3 is 2.37 bits per heavy atom. The van der Waals surface area contributed by atoms with Gasteiger partial charge in [0.1, 0.15) is 0 Å². The van der Waals surface area contributed by atoms with Gasteiger partial charge >= 0.3 is 6.18 Å². The largest absolute Gasteiger partial charge is 0.417 e. The summed E-state index contributed by atoms with van der Waals surface area (Å²) >= 11 is 4.57. The van der Waals surface area contributed by atoms with Crippen LogP contribution >= 0.6 is 12.2 Å². The van der Waals surface area contributed by atoms with Crippen molar-refractivity contribution >= 4 is 27.2 Å². The molecule has 19 heavy (non-hydrogen) atoms. The number of nitrogens with one attached hydrogen (secondary N) is 1. The molecule has 0 spiro atoms. The Labute approximate surface area is 113 Å². The Hall–Kier alpha value is -1.19. The second-order valence-corrected chi connectivity index (χ2v) is 5.89. The van der Waals surface area contributed by atoms with Gasteiger partial charge in [-0.3, -0.25) is 0 Å². The molecule has 1 rings (SSSR count). The van der Waals surface area contributed by atoms with Crippen molar-refractivity contribution in [3.8, 4) is 0 Å². The third-order valence-corrected chi connectivity index (χ3v) is 4.19. The average Bonchev–Trinajstić information content (AvgIpc) is 2.27. The SMILES string of the molecule is CC(NS(=O)(=O)c1ccccc1C(F)(F)F)C(N)=S. The molecule has 0 bridgehead atoms. The normalized spacial score (nSPS) is 14.1. The quantitative estimate of drug-likeness (QED) is 0.829. The molecule has 0 aliphatic heterocycles. The first-order valence-corrected chi connectivity index (χ1v) is 6.92. The summed E-state index contributed by atoms with van der Waals surface area (Å²) in [5.41, 5.74) is 3.99. The summed E-state index contributed by atoms with van der Waals surface area (Å²) in [6.07, 6.45) is -4.77. The predicted octanol–water partition coefficient (Wildman–Crippen LogP) is 1.66. The van der Waals surface area contributed by atoms with E-state index in [0.29, 0.717) is 6.07 Å². The lowest BCUT2D eigenvalue weighted by atomic mass is 10.2. The zero-order valence-corrected chi connectivity index (χ0v) is 11.4. The second-order valence-electron chi connectivity index (χ2n) is 3.74. The maximum atomic E-state index is 12.7. The molecule has 0 heterocycles. The van der Waals surface area contributed by atoms with E-state index >= 15 is 0 Å². The van der Waals surface area contributed by atoms with Crippen molar-refractivity contribution in [3.63, 3.8) is 0 Å². The van der Waals surface area contributed by atoms with Crippen LogP contribution in [0.25, 0.3) is 0 Å². The summed E-state index contributed by atoms with van der Waals surface area (Å²) in [4.78, 5) is -1.02. The van der Waals surface area contributed by atoms with Gasteiger partial charge in [0.15, 0.2) is 0 Å². The van der Waals surface area contributed by atoms with Crippen molar-refractivity contribution < 1.29 is 21.6 Å². The maximum absolute atomic E-state index is 12.7. The molecule has 0 fully saturated rings. The van der Waals surface area contributed by atoms with Crippen LogP contribution < -0.4 is 10.5 Å². The van der Waals surface area contributed by atoms with Crippen LogP contribution in [0.5, 0.6) is 0 Å². The zero-order valence-electron chi connectivity index (χ0n) is 9.73. The number of sulfonamides is 1. The number of benzene rings is 1. The Morgan fingerprint density at radius 1 is 1.37 bits per heavy atom. The van der Waals surface area contributed by atoms with Gasteiger partial charge in [0.2, 0.25) is 10.0 Å². The third kappa shape index (κ3) is 3.88. The van der Waals surface area contributed by atoms with E-state index in [-0.39, 0.29) is 4.99 Å². The van der Waals surface area contributed by atoms with E-state index in [4.69, 9.17) is 5.73 Å². The predicted molar refractivity (Wildman–Crippen MR) is 68.0 cm³/mol. The summed E-state index contributed by atoms with van der Waals surface area (Å²) in [5.74, 6) is 0. The van der Waals surface area contributed by atoms with Crippen molar-refractivity contribution in [2.45, 2.75) is 24.0 Å². The Bertz CT molecular complexity index is 585. The molecule has 106 valence electrons. The van der Waals surface area contributed by atoms with Crippen LogP contribution in [0, 0.1) is 0 Å². The lowest BCUT2D eigenvalue weighted by Crippen LogP contribution is -2.41. The van der Waals surface area contributed by atoms with Gasteiger partial charge in [0, 0.05) is 0 Å². The molecule has 0 aliphatic rings. The van der Waals surface area contributed by atoms with Gasteiger partial charge < -0.3 is 5.73 Å². The van der Waals surface area contributed by atoms with Gasteiger partial charge in [0.05, 0.1) is 21.5 Å². The Morgan fingerprint density at radius 2 is 1.89 bits per heavy atom. The summed E-state index contributed by atoms with van der Waals surface area (Å²) in [6, 6.07) is 2.94. The van der Waals surface area contributed by atoms with E-state index in [9.17, 15) is 21.6 Å². The number of alkyl halides is 3. The first-order valence-electron chi connectivity index (χ1n) is 5.03. The van der Waals surface area contributed by atoms with E-state index in [0.717, 1.165) is 12.1 Å². The van der Waals surface area contributed by atoms with Crippen LogP contribution in [-0.4, -0.2) is 19.4 Å². The van der Waals surface area contributed by atoms with Gasteiger partial charge in [-0.15, -0.1) is 0 Å². The molecular formula is C10H11F3N2O2S2. The van der Waals surface area contributed by atoms with Crippen molar-refractivity contribution in [2.75, 3.05) is 0 Å². The number of rotatable bonds is 4. The van der Waals surface area contributed by atoms with Gasteiger partial charge in [-0.1, -0.05) is 24.4 Å². The molecule has 0 aliphatic carbocycles. The van der Waals surface area contributed by atoms with Crippen molar-refractivity contribution in [1.29, 1.82) is 0 Å². The van der Waals surface area contributed by atoms with Gasteiger partial charge in [-0.25, -0.2) is 13.1 Å². The molecule has 1 aromatic carbocycles. The minimum absolute atomic E-state index is 0.159. The van der Waals surface area contributed by atoms with Crippen LogP contribution in [0.1, 0.15) is 12.5 Å². The Kier molecular flexibility index (Phi) is 4.54. The summed E-state index contributed by atoms with van der Waals surface area (Å²) < 4.78 is 64.0. The van der Waals surface area contributed by atoms with E-state index in [2.05, 4.69) is 12.2 Å². The fourth-order valence-electron chi connectivity index (χ4n) is 1.29. The smallest absolute Gasteiger partial charge is 0.392 e. The molecule has 0 saturated carbocycles. The van der Waals surface area contributed by atoms with Gasteiger partial charge in [0.25, 0.3) is 0 Å². The van der Waals surface area contributed by atoms with Crippen molar-refractivity contribution in [1.82, 2.24) is 4.72 Å². The van der Waals surface area contributed by atoms with Crippen LogP contribution in [-0.2, 0) is 16.2 Å². The van der Waals surface area contributed by atoms with Gasteiger partial charge in [-0.05, 0) is 19.1 Å². The number of hydrogen-bond donors (Lipinski definition) is 2. The standard InChI is InChI=1S/C10H11F3N2O2S2/c1-6(9(14)18)15-19(16,17)8-5-3-2-4-7(8)10(11,12)13/h2-6,15H,1H3,(H2,14,18). The van der Waals surface area contributed by atoms with Crippen molar-refractivity contribution in [3.05, 3.63) is 29.8 Å². The number of halogens is 3. The average molecular weight is 312 g/mol. The highest BCUT2D eigenvalue weighted by molar-refractivity contribution is 7.89. The molecule has 1 atom stereocenters. The lowest BCUT2D eigenvalue weighted by molar-refractivity contribution is -0.139. The number of nitrogens with two attached hydrogens (primary N) is 1. The molecule has 4 nitrogen and oxygen atoms in total. The van der Waals surface area contributed by atoms with Crippen molar-refractivity contribution in [2.24, 2.45) is 5.73 Å². The molecule has 9 heteroatoms. The highest BCUT2D eigenvalue weighted by atomic mass is 32.2. The first-order chi connectivity index (χ1) is 8.55. The highest BCUT2D eigenvalue weighted by Crippen LogP contribution is 2.33. The van der Waals surface area contributed by atoms with Crippen LogP contribution in [0.4, 0.5) is 13.2 Å². The topological polar surface area (TPSA) is 72.2 Å². The lowest BCUT2D eigenvalue weighted by Gasteiger charge is -2.16. The minimum atomic E-state index is -4.77. The summed E-state index contributed by atoms with van der Waals surface area (Å²) in [6.45, 7) is 1.34. The number of thiocarbonyl (C=S) groups is 1. The monoisotopic (exact) mass is 312 g/mol. The second kappa shape index (κ2) is 5.43. The van der Waals surface area contributed by atoms with E-state index in [1.165, 1.54) is 13.0 Å². The van der Waals surface area contributed by atoms with Crippen LogP contribution in [0.3, 0.4) is 0 Å². The summed E-state index contributed by atoms with van der Waals surface area (Å²) in [5, 5.41) is 0. The van der Waals surface area contributed by atoms with E-state index in [1.54, 1.807) is 0 Å². The minimum Gasteiger partial charge on any atom is -0.392 e. The molecule has 0 aromatic heterocycles. The molecule has 0 saturated heterocycles. The summed E-state index contributed by atoms with van der Waals surface area (Å²) in [7, 11) is -4.36. The molecular weight excluding hydrogens is 301 g/mol. The Balaban J connectivity index is 3.27. The third-order valence-electron chi connectivity index (χ3n) is 2.24. The molecule has 0 amide bonds. The van der Waals surface area contributed by atoms with Gasteiger partial charge in [-0.2, -0.15) is 13.2 Å². The zero-order chi connectivity index (χ0) is 14.8. The fourth-order valence-corrected chi connectivity index (χ4v) is 2.87. The van der Waals surface area contributed by atoms with E-state index in [1.807, 2.05) is 4.72 Å². The van der Waals surface area contributed by atoms with E-state index < -0.39 is 32.7 Å². The fraction of sp³-hybridized carbons (Fsp3) is 0.300. The number of hydrogen-bond acceptors (Lipinski definition) is 3. The van der Waals surface area contributed by atoms with Crippen LogP contribution in [0.2, 0.25) is 0 Å². The highest BCUT2D eigenvalue weighted by Gasteiger charge is 2.37. The maximum Gasteiger partial charge on any atom is 0.417 e.